The van der Waals surface area contributed by atoms with E-state index in [1.165, 1.54) is 12.4 Å². The Morgan fingerprint density at radius 3 is 2.77 bits per heavy atom. The fraction of sp³-hybridized carbons (Fsp3) is 0.125. The summed E-state index contributed by atoms with van der Waals surface area (Å²) >= 11 is 5.90. The molecule has 22 heavy (non-hydrogen) atoms. The number of benzene rings is 1. The van der Waals surface area contributed by atoms with Crippen LogP contribution in [0.1, 0.15) is 23.1 Å². The van der Waals surface area contributed by atoms with Crippen LogP contribution in [0.5, 0.6) is 0 Å². The Morgan fingerprint density at radius 2 is 2.00 bits per heavy atom. The highest BCUT2D eigenvalue weighted by molar-refractivity contribution is 6.30. The van der Waals surface area contributed by atoms with Gasteiger partial charge < -0.3 is 15.4 Å². The molecular weight excluding hydrogens is 304 g/mol. The van der Waals surface area contributed by atoms with Crippen molar-refractivity contribution >= 4 is 22.5 Å². The second-order valence-corrected chi connectivity index (χ2v) is 5.44. The minimum Gasteiger partial charge on any atom is -0.618 e. The average Bonchev–Trinajstić information content (AvgIpc) is 2.47. The number of fused-ring (bicyclic) bond motifs is 1. The Labute approximate surface area is 131 Å². The first kappa shape index (κ1) is 14.7. The van der Waals surface area contributed by atoms with Gasteiger partial charge in [-0.25, -0.2) is 0 Å². The Bertz CT molecular complexity index is 837. The molecule has 0 radical (unpaired) electrons. The molecule has 3 rings (SSSR count). The molecule has 0 aliphatic heterocycles. The molecule has 0 aliphatic carbocycles. The summed E-state index contributed by atoms with van der Waals surface area (Å²) in [4.78, 5) is 4.22. The number of nitrogens with zero attached hydrogens (tertiary/aromatic N) is 2. The monoisotopic (exact) mass is 316 g/mol. The van der Waals surface area contributed by atoms with E-state index in [2.05, 4.69) is 4.98 Å². The first-order valence-electron chi connectivity index (χ1n) is 6.65. The van der Waals surface area contributed by atoms with Crippen molar-refractivity contribution in [3.05, 3.63) is 75.8 Å². The van der Waals surface area contributed by atoms with E-state index in [1.54, 1.807) is 24.3 Å². The zero-order valence-electron chi connectivity index (χ0n) is 11.5. The molecule has 0 bridgehead atoms. The number of aliphatic hydroxyl groups excluding tert-OH is 1. The van der Waals surface area contributed by atoms with Gasteiger partial charge in [-0.3, -0.25) is 4.98 Å². The van der Waals surface area contributed by atoms with Crippen LogP contribution in [-0.2, 0) is 6.42 Å². The largest absolute Gasteiger partial charge is 0.618 e. The van der Waals surface area contributed by atoms with Gasteiger partial charge in [0.05, 0.1) is 0 Å². The van der Waals surface area contributed by atoms with Crippen molar-refractivity contribution in [1.29, 1.82) is 0 Å². The summed E-state index contributed by atoms with van der Waals surface area (Å²) < 4.78 is 0.739. The van der Waals surface area contributed by atoms with Gasteiger partial charge in [-0.2, -0.15) is 4.73 Å². The fourth-order valence-corrected chi connectivity index (χ4v) is 2.57. The number of rotatable bonds is 3. The predicted molar refractivity (Wildman–Crippen MR) is 82.1 cm³/mol. The Morgan fingerprint density at radius 1 is 1.18 bits per heavy atom. The molecule has 2 heterocycles. The lowest BCUT2D eigenvalue weighted by Crippen LogP contribution is -2.26. The summed E-state index contributed by atoms with van der Waals surface area (Å²) in [6, 6.07) is 10.4. The van der Waals surface area contributed by atoms with Crippen molar-refractivity contribution in [3.8, 4) is 0 Å². The van der Waals surface area contributed by atoms with Gasteiger partial charge >= 0.3 is 0 Å². The molecule has 0 fully saturated rings. The van der Waals surface area contributed by atoms with E-state index in [9.17, 15) is 15.4 Å². The van der Waals surface area contributed by atoms with E-state index in [0.717, 1.165) is 15.7 Å². The number of aliphatic hydroxyl groups is 2. The van der Waals surface area contributed by atoms with Crippen molar-refractivity contribution in [2.24, 2.45) is 0 Å². The molecule has 0 unspecified atom stereocenters. The normalized spacial score (nSPS) is 11.3. The highest BCUT2D eigenvalue weighted by Crippen LogP contribution is 2.19. The van der Waals surface area contributed by atoms with Crippen molar-refractivity contribution in [2.75, 3.05) is 0 Å². The van der Waals surface area contributed by atoms with Gasteiger partial charge in [-0.15, -0.1) is 0 Å². The minimum atomic E-state index is -1.52. The summed E-state index contributed by atoms with van der Waals surface area (Å²) in [5.41, 5.74) is 2.60. The Balaban J connectivity index is 1.96. The molecule has 112 valence electrons. The second-order valence-electron chi connectivity index (χ2n) is 5.01. The van der Waals surface area contributed by atoms with Crippen LogP contribution in [-0.4, -0.2) is 15.2 Å². The van der Waals surface area contributed by atoms with Crippen molar-refractivity contribution in [1.82, 2.24) is 4.98 Å². The molecule has 6 heteroatoms. The third-order valence-corrected chi connectivity index (χ3v) is 3.59. The topological polar surface area (TPSA) is 80.3 Å². The number of halogens is 1. The van der Waals surface area contributed by atoms with Crippen LogP contribution >= 0.6 is 11.6 Å². The molecule has 1 aromatic carbocycles. The standard InChI is InChI=1S/C16H13ClN2O3/c17-13-7-12-5-10(1-2-15(12)19(22)9-13)6-14-8-11(16(20)21)3-4-18-14/h1-5,7-9,16,20-21H,6H2. The zero-order valence-corrected chi connectivity index (χ0v) is 12.2. The van der Waals surface area contributed by atoms with E-state index < -0.39 is 6.29 Å². The van der Waals surface area contributed by atoms with Gasteiger partial charge in [0, 0.05) is 35.3 Å². The number of hydrogen-bond donors (Lipinski definition) is 2. The first-order chi connectivity index (χ1) is 10.5. The highest BCUT2D eigenvalue weighted by Gasteiger charge is 2.09. The average molecular weight is 317 g/mol. The third-order valence-electron chi connectivity index (χ3n) is 3.39. The fourth-order valence-electron chi connectivity index (χ4n) is 2.36. The van der Waals surface area contributed by atoms with Gasteiger partial charge in [0.25, 0.3) is 0 Å². The second kappa shape index (κ2) is 5.88. The molecule has 2 N–H and O–H groups in total. The van der Waals surface area contributed by atoms with Crippen LogP contribution in [0.4, 0.5) is 0 Å². The molecule has 0 spiro atoms. The van der Waals surface area contributed by atoms with E-state index in [-0.39, 0.29) is 0 Å². The maximum atomic E-state index is 11.8. The quantitative estimate of drug-likeness (QED) is 0.440. The summed E-state index contributed by atoms with van der Waals surface area (Å²) in [6.07, 6.45) is 1.85. The number of aromatic nitrogens is 2. The summed E-state index contributed by atoms with van der Waals surface area (Å²) in [5.74, 6) is 0. The van der Waals surface area contributed by atoms with Gasteiger partial charge in [0.2, 0.25) is 5.52 Å². The van der Waals surface area contributed by atoms with Gasteiger partial charge in [-0.1, -0.05) is 17.7 Å². The molecule has 0 saturated heterocycles. The lowest BCUT2D eigenvalue weighted by Gasteiger charge is -2.07. The van der Waals surface area contributed by atoms with E-state index in [1.807, 2.05) is 12.1 Å². The lowest BCUT2D eigenvalue weighted by molar-refractivity contribution is -0.576. The Hall–Kier alpha value is -2.21. The van der Waals surface area contributed by atoms with Gasteiger partial charge in [-0.05, 0) is 29.8 Å². The summed E-state index contributed by atoms with van der Waals surface area (Å²) in [7, 11) is 0. The first-order valence-corrected chi connectivity index (χ1v) is 7.03. The van der Waals surface area contributed by atoms with Gasteiger partial charge in [0.15, 0.2) is 12.5 Å². The van der Waals surface area contributed by atoms with E-state index in [0.29, 0.717) is 28.2 Å². The number of hydrogen-bond acceptors (Lipinski definition) is 4. The van der Waals surface area contributed by atoms with E-state index in [4.69, 9.17) is 11.6 Å². The molecule has 3 aromatic rings. The SMILES string of the molecule is [O-][n+]1cc(Cl)cc2cc(Cc3cc(C(O)O)ccn3)ccc21. The molecule has 0 saturated carbocycles. The predicted octanol–water partition coefficient (Wildman–Crippen LogP) is 2.10. The molecule has 2 aromatic heterocycles. The van der Waals surface area contributed by atoms with Crippen molar-refractivity contribution in [3.63, 3.8) is 0 Å². The smallest absolute Gasteiger partial charge is 0.223 e. The van der Waals surface area contributed by atoms with Crippen molar-refractivity contribution < 1.29 is 14.9 Å². The zero-order chi connectivity index (χ0) is 15.7. The number of pyridine rings is 2. The van der Waals surface area contributed by atoms with Crippen LogP contribution in [0.15, 0.2) is 48.8 Å². The van der Waals surface area contributed by atoms with E-state index >= 15 is 0 Å². The Kier molecular flexibility index (Phi) is 3.94. The minimum absolute atomic E-state index is 0.378. The van der Waals surface area contributed by atoms with Crippen LogP contribution in [0.25, 0.3) is 10.9 Å². The molecule has 0 amide bonds. The van der Waals surface area contributed by atoms with Crippen LogP contribution < -0.4 is 4.73 Å². The summed E-state index contributed by atoms with van der Waals surface area (Å²) in [5, 5.41) is 31.3. The van der Waals surface area contributed by atoms with Crippen LogP contribution in [0, 0.1) is 5.21 Å². The maximum absolute atomic E-state index is 11.8. The van der Waals surface area contributed by atoms with Crippen LogP contribution in [0.3, 0.4) is 0 Å². The highest BCUT2D eigenvalue weighted by atomic mass is 35.5. The third kappa shape index (κ3) is 3.01. The van der Waals surface area contributed by atoms with Gasteiger partial charge in [0.1, 0.15) is 5.02 Å². The molecule has 5 nitrogen and oxygen atoms in total. The van der Waals surface area contributed by atoms with Crippen molar-refractivity contribution in [2.45, 2.75) is 12.7 Å². The molecule has 0 aliphatic rings. The molecular formula is C16H13ClN2O3. The van der Waals surface area contributed by atoms with Crippen LogP contribution in [0.2, 0.25) is 5.02 Å². The maximum Gasteiger partial charge on any atom is 0.223 e. The summed E-state index contributed by atoms with van der Waals surface area (Å²) in [6.45, 7) is 0. The lowest BCUT2D eigenvalue weighted by atomic mass is 10.1. The molecule has 0 atom stereocenters.